The van der Waals surface area contributed by atoms with Gasteiger partial charge in [-0.25, -0.2) is 0 Å². The number of nitrogens with one attached hydrogen (secondary N) is 1. The Labute approximate surface area is 112 Å². The average molecular weight is 265 g/mol. The Bertz CT molecular complexity index is 486. The number of amides is 1. The molecule has 0 bridgehead atoms. The van der Waals surface area contributed by atoms with E-state index in [1.54, 1.807) is 19.1 Å². The van der Waals surface area contributed by atoms with Crippen LogP contribution in [0.4, 0.5) is 11.4 Å². The molecule has 3 N–H and O–H groups in total. The van der Waals surface area contributed by atoms with Crippen LogP contribution in [0.3, 0.4) is 0 Å². The summed E-state index contributed by atoms with van der Waals surface area (Å²) in [6.07, 6.45) is 0.569. The lowest BCUT2D eigenvalue weighted by Gasteiger charge is -2.14. The topological polar surface area (TPSA) is 98.3 Å². The first-order valence-electron chi connectivity index (χ1n) is 6.12. The number of nitro groups is 1. The van der Waals surface area contributed by atoms with Gasteiger partial charge in [0.15, 0.2) is 0 Å². The monoisotopic (exact) mass is 265 g/mol. The number of aryl methyl sites for hydroxylation is 1. The summed E-state index contributed by atoms with van der Waals surface area (Å²) < 4.78 is 0. The molecule has 1 amide bonds. The molecule has 1 aromatic rings. The van der Waals surface area contributed by atoms with Gasteiger partial charge in [-0.3, -0.25) is 14.9 Å². The third-order valence-electron chi connectivity index (χ3n) is 2.74. The normalized spacial score (nSPS) is 12.3. The molecular formula is C13H19N3O3. The van der Waals surface area contributed by atoms with Crippen LogP contribution in [0.15, 0.2) is 18.2 Å². The molecule has 19 heavy (non-hydrogen) atoms. The van der Waals surface area contributed by atoms with Gasteiger partial charge < -0.3 is 11.1 Å². The number of hydrogen-bond donors (Lipinski definition) is 2. The zero-order chi connectivity index (χ0) is 14.6. The zero-order valence-corrected chi connectivity index (χ0v) is 11.3. The van der Waals surface area contributed by atoms with Gasteiger partial charge in [0, 0.05) is 17.3 Å². The molecule has 0 aromatic heterocycles. The van der Waals surface area contributed by atoms with Crippen molar-refractivity contribution in [1.82, 2.24) is 0 Å². The Morgan fingerprint density at radius 1 is 1.47 bits per heavy atom. The molecule has 0 radical (unpaired) electrons. The molecule has 0 aliphatic carbocycles. The minimum Gasteiger partial charge on any atom is -0.324 e. The second-order valence-electron chi connectivity index (χ2n) is 4.98. The van der Waals surface area contributed by atoms with E-state index in [2.05, 4.69) is 5.32 Å². The van der Waals surface area contributed by atoms with Crippen LogP contribution in [0.1, 0.15) is 25.8 Å². The van der Waals surface area contributed by atoms with E-state index in [1.165, 1.54) is 6.07 Å². The second-order valence-corrected chi connectivity index (χ2v) is 4.98. The molecule has 0 aliphatic rings. The number of anilines is 1. The van der Waals surface area contributed by atoms with E-state index in [-0.39, 0.29) is 11.6 Å². The maximum atomic E-state index is 11.8. The summed E-state index contributed by atoms with van der Waals surface area (Å²) in [6.45, 7) is 5.60. The average Bonchev–Trinajstić information content (AvgIpc) is 2.30. The van der Waals surface area contributed by atoms with E-state index < -0.39 is 11.0 Å². The van der Waals surface area contributed by atoms with Gasteiger partial charge in [-0.1, -0.05) is 19.9 Å². The van der Waals surface area contributed by atoms with Crippen LogP contribution in [0, 0.1) is 23.0 Å². The van der Waals surface area contributed by atoms with E-state index in [9.17, 15) is 14.9 Å². The minimum absolute atomic E-state index is 0.0183. The van der Waals surface area contributed by atoms with Gasteiger partial charge in [-0.05, 0) is 25.3 Å². The number of nitro benzene ring substituents is 1. The number of rotatable bonds is 5. The summed E-state index contributed by atoms with van der Waals surface area (Å²) in [6, 6.07) is 3.96. The van der Waals surface area contributed by atoms with Crippen molar-refractivity contribution in [3.05, 3.63) is 33.9 Å². The Kier molecular flexibility index (Phi) is 5.00. The maximum Gasteiger partial charge on any atom is 0.274 e. The number of carbonyl (C=O) groups excluding carboxylic acids is 1. The molecule has 1 rings (SSSR count). The van der Waals surface area contributed by atoms with Gasteiger partial charge in [0.05, 0.1) is 11.0 Å². The first kappa shape index (κ1) is 15.1. The fraction of sp³-hybridized carbons (Fsp3) is 0.462. The van der Waals surface area contributed by atoms with Gasteiger partial charge in [0.25, 0.3) is 5.69 Å². The van der Waals surface area contributed by atoms with Crippen molar-refractivity contribution in [2.75, 3.05) is 5.32 Å². The first-order chi connectivity index (χ1) is 8.81. The lowest BCUT2D eigenvalue weighted by atomic mass is 10.0. The molecule has 1 unspecified atom stereocenters. The fourth-order valence-electron chi connectivity index (χ4n) is 1.73. The summed E-state index contributed by atoms with van der Waals surface area (Å²) in [5.41, 5.74) is 6.67. The maximum absolute atomic E-state index is 11.8. The lowest BCUT2D eigenvalue weighted by Crippen LogP contribution is -2.36. The van der Waals surface area contributed by atoms with Crippen LogP contribution in [0.25, 0.3) is 0 Å². The van der Waals surface area contributed by atoms with Crippen molar-refractivity contribution < 1.29 is 9.72 Å². The van der Waals surface area contributed by atoms with Crippen molar-refractivity contribution in [3.63, 3.8) is 0 Å². The minimum atomic E-state index is -0.611. The highest BCUT2D eigenvalue weighted by molar-refractivity contribution is 5.95. The standard InChI is InChI=1S/C13H19N3O3/c1-8(2)6-11(14)13(17)15-10-5-4-9(3)12(7-10)16(18)19/h4-5,7-8,11H,6,14H2,1-3H3,(H,15,17). The van der Waals surface area contributed by atoms with Crippen molar-refractivity contribution in [2.45, 2.75) is 33.2 Å². The van der Waals surface area contributed by atoms with Gasteiger partial charge in [-0.15, -0.1) is 0 Å². The van der Waals surface area contributed by atoms with E-state index in [4.69, 9.17) is 5.73 Å². The third kappa shape index (κ3) is 4.33. The number of hydrogen-bond acceptors (Lipinski definition) is 4. The summed E-state index contributed by atoms with van der Waals surface area (Å²) in [5.74, 6) is -0.0139. The fourth-order valence-corrected chi connectivity index (χ4v) is 1.73. The number of carbonyl (C=O) groups is 1. The van der Waals surface area contributed by atoms with Crippen molar-refractivity contribution in [1.29, 1.82) is 0 Å². The highest BCUT2D eigenvalue weighted by atomic mass is 16.6. The lowest BCUT2D eigenvalue weighted by molar-refractivity contribution is -0.385. The van der Waals surface area contributed by atoms with E-state index >= 15 is 0 Å². The van der Waals surface area contributed by atoms with Crippen LogP contribution in [-0.4, -0.2) is 16.9 Å². The summed E-state index contributed by atoms with van der Waals surface area (Å²) in [5, 5.41) is 13.4. The van der Waals surface area contributed by atoms with Gasteiger partial charge in [-0.2, -0.15) is 0 Å². The number of nitrogens with zero attached hydrogens (tertiary/aromatic N) is 1. The molecule has 6 nitrogen and oxygen atoms in total. The van der Waals surface area contributed by atoms with Crippen molar-refractivity contribution in [2.24, 2.45) is 11.7 Å². The first-order valence-corrected chi connectivity index (χ1v) is 6.12. The Balaban J connectivity index is 2.80. The Hall–Kier alpha value is -1.95. The van der Waals surface area contributed by atoms with Gasteiger partial charge in [0.2, 0.25) is 5.91 Å². The SMILES string of the molecule is Cc1ccc(NC(=O)C(N)CC(C)C)cc1[N+](=O)[O-]. The summed E-state index contributed by atoms with van der Waals surface area (Å²) in [7, 11) is 0. The number of benzene rings is 1. The molecule has 0 spiro atoms. The Morgan fingerprint density at radius 3 is 2.63 bits per heavy atom. The molecule has 0 saturated heterocycles. The number of nitrogens with two attached hydrogens (primary N) is 1. The molecule has 0 heterocycles. The molecular weight excluding hydrogens is 246 g/mol. The van der Waals surface area contributed by atoms with Crippen molar-refractivity contribution in [3.8, 4) is 0 Å². The van der Waals surface area contributed by atoms with Crippen LogP contribution < -0.4 is 11.1 Å². The highest BCUT2D eigenvalue weighted by Crippen LogP contribution is 2.22. The molecule has 0 aliphatic heterocycles. The second kappa shape index (κ2) is 6.29. The predicted octanol–water partition coefficient (Wildman–Crippen LogP) is 2.22. The molecule has 104 valence electrons. The Morgan fingerprint density at radius 2 is 2.11 bits per heavy atom. The van der Waals surface area contributed by atoms with Crippen molar-refractivity contribution >= 4 is 17.3 Å². The van der Waals surface area contributed by atoms with Gasteiger partial charge >= 0.3 is 0 Å². The van der Waals surface area contributed by atoms with Crippen LogP contribution in [0.2, 0.25) is 0 Å². The summed E-state index contributed by atoms with van der Waals surface area (Å²) in [4.78, 5) is 22.1. The molecule has 0 fully saturated rings. The highest BCUT2D eigenvalue weighted by Gasteiger charge is 2.17. The van der Waals surface area contributed by atoms with E-state index in [0.29, 0.717) is 23.6 Å². The molecule has 1 atom stereocenters. The van der Waals surface area contributed by atoms with Crippen LogP contribution >= 0.6 is 0 Å². The smallest absolute Gasteiger partial charge is 0.274 e. The van der Waals surface area contributed by atoms with E-state index in [1.807, 2.05) is 13.8 Å². The molecule has 1 aromatic carbocycles. The van der Waals surface area contributed by atoms with Crippen LogP contribution in [0.5, 0.6) is 0 Å². The predicted molar refractivity (Wildman–Crippen MR) is 73.9 cm³/mol. The quantitative estimate of drug-likeness (QED) is 0.630. The zero-order valence-electron chi connectivity index (χ0n) is 11.3. The largest absolute Gasteiger partial charge is 0.324 e. The van der Waals surface area contributed by atoms with E-state index in [0.717, 1.165) is 0 Å². The third-order valence-corrected chi connectivity index (χ3v) is 2.74. The molecule has 0 saturated carbocycles. The van der Waals surface area contributed by atoms with Gasteiger partial charge in [0.1, 0.15) is 0 Å². The molecule has 6 heteroatoms. The van der Waals surface area contributed by atoms with Crippen LogP contribution in [-0.2, 0) is 4.79 Å². The summed E-state index contributed by atoms with van der Waals surface area (Å²) >= 11 is 0.